The molecule has 86 valence electrons. The summed E-state index contributed by atoms with van der Waals surface area (Å²) in [6.45, 7) is 2.07. The second kappa shape index (κ2) is 7.22. The van der Waals surface area contributed by atoms with Gasteiger partial charge in [-0.1, -0.05) is 32.1 Å². The third-order valence-corrected chi connectivity index (χ3v) is 1.84. The molecule has 0 bridgehead atoms. The molecule has 0 rings (SSSR count). The summed E-state index contributed by atoms with van der Waals surface area (Å²) < 4.78 is 29.4. The van der Waals surface area contributed by atoms with Crippen LogP contribution in [0.3, 0.4) is 0 Å². The fourth-order valence-corrected chi connectivity index (χ4v) is 0.993. The van der Waals surface area contributed by atoms with Crippen molar-refractivity contribution in [3.63, 3.8) is 0 Å². The van der Waals surface area contributed by atoms with E-state index in [0.717, 1.165) is 32.8 Å². The van der Waals surface area contributed by atoms with Crippen molar-refractivity contribution in [1.82, 2.24) is 0 Å². The van der Waals surface area contributed by atoms with Gasteiger partial charge < -0.3 is 4.74 Å². The molecule has 2 nitrogen and oxygen atoms in total. The van der Waals surface area contributed by atoms with Gasteiger partial charge in [-0.05, 0) is 12.3 Å². The third kappa shape index (κ3) is 6.05. The van der Waals surface area contributed by atoms with Crippen molar-refractivity contribution in [3.8, 4) is 11.8 Å². The number of carbonyl (C=O) groups is 1. The minimum absolute atomic E-state index is 0.395. The van der Waals surface area contributed by atoms with Gasteiger partial charge in [0.05, 0.1) is 7.11 Å². The summed E-state index contributed by atoms with van der Waals surface area (Å²) in [7, 11) is 0.916. The Hall–Kier alpha value is -1.11. The molecule has 0 heterocycles. The number of carbonyl (C=O) groups excluding carboxylic acids is 1. The summed E-state index contributed by atoms with van der Waals surface area (Å²) in [6.07, 6.45) is 4.33. The Bertz CT molecular complexity index is 251. The van der Waals surface area contributed by atoms with Crippen LogP contribution in [0.15, 0.2) is 0 Å². The monoisotopic (exact) mass is 218 g/mol. The van der Waals surface area contributed by atoms with E-state index in [4.69, 9.17) is 0 Å². The molecule has 0 atom stereocenters. The van der Waals surface area contributed by atoms with Crippen LogP contribution in [0.1, 0.15) is 39.0 Å². The minimum Gasteiger partial charge on any atom is -0.464 e. The third-order valence-electron chi connectivity index (χ3n) is 1.84. The zero-order valence-electron chi connectivity index (χ0n) is 9.11. The average molecular weight is 218 g/mol. The van der Waals surface area contributed by atoms with Crippen molar-refractivity contribution in [3.05, 3.63) is 0 Å². The number of methoxy groups -OCH3 is 1. The first kappa shape index (κ1) is 13.9. The van der Waals surface area contributed by atoms with Crippen molar-refractivity contribution in [1.29, 1.82) is 0 Å². The normalized spacial score (nSPS) is 10.4. The van der Waals surface area contributed by atoms with Crippen molar-refractivity contribution >= 4 is 5.97 Å². The number of rotatable bonds is 5. The maximum absolute atomic E-state index is 12.7. The topological polar surface area (TPSA) is 26.3 Å². The molecule has 0 aliphatic rings. The molecule has 0 amide bonds. The SMILES string of the molecule is CCCCCCC#CC(F)(F)C(=O)OC. The van der Waals surface area contributed by atoms with Crippen molar-refractivity contribution in [2.45, 2.75) is 45.0 Å². The van der Waals surface area contributed by atoms with E-state index >= 15 is 0 Å². The summed E-state index contributed by atoms with van der Waals surface area (Å²) in [5.74, 6) is -1.33. The first-order valence-corrected chi connectivity index (χ1v) is 5.01. The lowest BCUT2D eigenvalue weighted by Gasteiger charge is -2.04. The maximum Gasteiger partial charge on any atom is 0.403 e. The Morgan fingerprint density at radius 2 is 2.00 bits per heavy atom. The van der Waals surface area contributed by atoms with Gasteiger partial charge in [-0.3, -0.25) is 0 Å². The van der Waals surface area contributed by atoms with Crippen LogP contribution in [0, 0.1) is 11.8 Å². The van der Waals surface area contributed by atoms with E-state index in [1.165, 1.54) is 0 Å². The summed E-state index contributed by atoms with van der Waals surface area (Å²) >= 11 is 0. The van der Waals surface area contributed by atoms with E-state index in [1.807, 2.05) is 0 Å². The van der Waals surface area contributed by atoms with E-state index in [9.17, 15) is 13.6 Å². The highest BCUT2D eigenvalue weighted by Crippen LogP contribution is 2.13. The lowest BCUT2D eigenvalue weighted by atomic mass is 10.1. The number of hydrogen-bond acceptors (Lipinski definition) is 2. The number of alkyl halides is 2. The molecule has 0 aromatic carbocycles. The first-order chi connectivity index (χ1) is 7.04. The highest BCUT2D eigenvalue weighted by molar-refractivity contribution is 5.81. The van der Waals surface area contributed by atoms with Crippen LogP contribution in [-0.2, 0) is 9.53 Å². The van der Waals surface area contributed by atoms with Gasteiger partial charge >= 0.3 is 11.9 Å². The standard InChI is InChI=1S/C11H16F2O2/c1-3-4-5-6-7-8-9-11(12,13)10(14)15-2/h3-7H2,1-2H3. The fourth-order valence-electron chi connectivity index (χ4n) is 0.993. The van der Waals surface area contributed by atoms with Crippen LogP contribution in [0.4, 0.5) is 8.78 Å². The molecule has 0 N–H and O–H groups in total. The Kier molecular flexibility index (Phi) is 6.68. The molecule has 0 spiro atoms. The molecule has 0 unspecified atom stereocenters. The number of ether oxygens (including phenoxy) is 1. The number of halogens is 2. The second-order valence-electron chi connectivity index (χ2n) is 3.18. The summed E-state index contributed by atoms with van der Waals surface area (Å²) in [6, 6.07) is 0. The summed E-state index contributed by atoms with van der Waals surface area (Å²) in [4.78, 5) is 10.5. The van der Waals surface area contributed by atoms with E-state index in [1.54, 1.807) is 5.92 Å². The van der Waals surface area contributed by atoms with Crippen LogP contribution in [0.2, 0.25) is 0 Å². The molecular weight excluding hydrogens is 202 g/mol. The second-order valence-corrected chi connectivity index (χ2v) is 3.18. The van der Waals surface area contributed by atoms with Crippen molar-refractivity contribution in [2.24, 2.45) is 0 Å². The smallest absolute Gasteiger partial charge is 0.403 e. The minimum atomic E-state index is -3.67. The highest BCUT2D eigenvalue weighted by Gasteiger charge is 2.37. The fraction of sp³-hybridized carbons (Fsp3) is 0.727. The number of hydrogen-bond donors (Lipinski definition) is 0. The Balaban J connectivity index is 3.89. The Labute approximate surface area is 89.0 Å². The summed E-state index contributed by atoms with van der Waals surface area (Å²) in [5.41, 5.74) is 0. The van der Waals surface area contributed by atoms with Gasteiger partial charge in [0.1, 0.15) is 0 Å². The molecule has 0 aliphatic carbocycles. The van der Waals surface area contributed by atoms with E-state index in [2.05, 4.69) is 17.6 Å². The van der Waals surface area contributed by atoms with Gasteiger partial charge in [0, 0.05) is 6.42 Å². The van der Waals surface area contributed by atoms with Gasteiger partial charge in [-0.25, -0.2) is 4.79 Å². The van der Waals surface area contributed by atoms with Crippen LogP contribution in [0.25, 0.3) is 0 Å². The first-order valence-electron chi connectivity index (χ1n) is 5.01. The van der Waals surface area contributed by atoms with Gasteiger partial charge in [-0.2, -0.15) is 8.78 Å². The Morgan fingerprint density at radius 3 is 2.53 bits per heavy atom. The van der Waals surface area contributed by atoms with Crippen LogP contribution in [0.5, 0.6) is 0 Å². The molecule has 0 aromatic heterocycles. The van der Waals surface area contributed by atoms with Gasteiger partial charge in [-0.15, -0.1) is 0 Å². The molecule has 4 heteroatoms. The summed E-state index contributed by atoms with van der Waals surface area (Å²) in [5, 5.41) is 0. The molecule has 0 fully saturated rings. The largest absolute Gasteiger partial charge is 0.464 e. The van der Waals surface area contributed by atoms with Crippen LogP contribution < -0.4 is 0 Å². The van der Waals surface area contributed by atoms with Crippen LogP contribution in [-0.4, -0.2) is 19.0 Å². The molecule has 0 saturated heterocycles. The zero-order valence-corrected chi connectivity index (χ0v) is 9.11. The van der Waals surface area contributed by atoms with Gasteiger partial charge in [0.2, 0.25) is 0 Å². The average Bonchev–Trinajstić information content (AvgIpc) is 2.22. The zero-order chi connectivity index (χ0) is 11.7. The van der Waals surface area contributed by atoms with Gasteiger partial charge in [0.15, 0.2) is 0 Å². The molecular formula is C11H16F2O2. The number of unbranched alkanes of at least 4 members (excludes halogenated alkanes) is 4. The Morgan fingerprint density at radius 1 is 1.33 bits per heavy atom. The molecule has 0 radical (unpaired) electrons. The molecule has 0 aromatic rings. The lowest BCUT2D eigenvalue weighted by Crippen LogP contribution is -2.27. The van der Waals surface area contributed by atoms with E-state index in [-0.39, 0.29) is 0 Å². The predicted octanol–water partition coefficient (Wildman–Crippen LogP) is 2.77. The van der Waals surface area contributed by atoms with Crippen LogP contribution >= 0.6 is 0 Å². The quantitative estimate of drug-likeness (QED) is 0.403. The van der Waals surface area contributed by atoms with E-state index in [0.29, 0.717) is 6.42 Å². The maximum atomic E-state index is 12.7. The van der Waals surface area contributed by atoms with Crippen molar-refractivity contribution < 1.29 is 18.3 Å². The molecule has 0 aliphatic heterocycles. The highest BCUT2D eigenvalue weighted by atomic mass is 19.3. The number of esters is 1. The van der Waals surface area contributed by atoms with Crippen molar-refractivity contribution in [2.75, 3.05) is 7.11 Å². The predicted molar refractivity (Wildman–Crippen MR) is 53.5 cm³/mol. The van der Waals surface area contributed by atoms with E-state index < -0.39 is 11.9 Å². The van der Waals surface area contributed by atoms with Gasteiger partial charge in [0.25, 0.3) is 0 Å². The molecule has 15 heavy (non-hydrogen) atoms. The lowest BCUT2D eigenvalue weighted by molar-refractivity contribution is -0.160. The molecule has 0 saturated carbocycles.